The number of fused-ring (bicyclic) bond motifs is 2. The molecule has 1 unspecified atom stereocenters. The fourth-order valence-corrected chi connectivity index (χ4v) is 2.69. The van der Waals surface area contributed by atoms with Crippen LogP contribution < -0.4 is 0 Å². The fraction of sp³-hybridized carbons (Fsp3) is 0.235. The number of hydrogen-bond acceptors (Lipinski definition) is 6. The number of aliphatic hydroxyl groups excluding tert-OH is 2. The van der Waals surface area contributed by atoms with Crippen molar-refractivity contribution in [3.63, 3.8) is 0 Å². The van der Waals surface area contributed by atoms with Gasteiger partial charge in [0.05, 0.1) is 13.2 Å². The largest absolute Gasteiger partial charge is 0.397 e. The minimum Gasteiger partial charge on any atom is -0.394 e. The topological polar surface area (TPSA) is 121 Å². The van der Waals surface area contributed by atoms with E-state index in [0.717, 1.165) is 28.7 Å². The van der Waals surface area contributed by atoms with E-state index in [1.807, 2.05) is 48.5 Å². The van der Waals surface area contributed by atoms with Gasteiger partial charge in [0.15, 0.2) is 5.78 Å². The van der Waals surface area contributed by atoms with Gasteiger partial charge in [-0.1, -0.05) is 48.5 Å². The Morgan fingerprint density at radius 1 is 1.00 bits per heavy atom. The third-order valence-electron chi connectivity index (χ3n) is 3.52. The van der Waals surface area contributed by atoms with Crippen molar-refractivity contribution in [3.8, 4) is 0 Å². The Morgan fingerprint density at radius 2 is 1.48 bits per heavy atom. The van der Waals surface area contributed by atoms with Crippen molar-refractivity contribution in [2.75, 3.05) is 13.2 Å². The van der Waals surface area contributed by atoms with E-state index in [4.69, 9.17) is 14.8 Å². The summed E-state index contributed by atoms with van der Waals surface area (Å²) in [6.07, 6.45) is -0.417. The maximum atomic E-state index is 12.1. The molecule has 0 bridgehead atoms. The summed E-state index contributed by atoms with van der Waals surface area (Å²) in [6.45, 7) is -1.26. The minimum absolute atomic E-state index is 0.160. The molecule has 3 rings (SSSR count). The normalized spacial score (nSPS) is 14.0. The number of hydrogen-bond donors (Lipinski definition) is 3. The van der Waals surface area contributed by atoms with Crippen LogP contribution in [-0.4, -0.2) is 48.3 Å². The predicted molar refractivity (Wildman–Crippen MR) is 89.7 cm³/mol. The smallest absolute Gasteiger partial charge is 0.394 e. The van der Waals surface area contributed by atoms with Crippen LogP contribution in [0.15, 0.2) is 48.5 Å². The van der Waals surface area contributed by atoms with Crippen molar-refractivity contribution < 1.29 is 32.2 Å². The Morgan fingerprint density at radius 3 is 1.92 bits per heavy atom. The van der Waals surface area contributed by atoms with E-state index in [2.05, 4.69) is 4.18 Å². The average Bonchev–Trinajstić information content (AvgIpc) is 2.60. The highest BCUT2D eigenvalue weighted by atomic mass is 32.3. The van der Waals surface area contributed by atoms with Gasteiger partial charge in [0.25, 0.3) is 0 Å². The number of carbonyl (C=O) groups excluding carboxylic acids is 1. The van der Waals surface area contributed by atoms with E-state index >= 15 is 0 Å². The third-order valence-corrected chi connectivity index (χ3v) is 3.96. The van der Waals surface area contributed by atoms with Crippen molar-refractivity contribution in [1.82, 2.24) is 0 Å². The van der Waals surface area contributed by atoms with Crippen LogP contribution in [-0.2, 0) is 21.0 Å². The first-order chi connectivity index (χ1) is 11.8. The molecule has 2 aromatic carbocycles. The molecule has 8 heteroatoms. The number of rotatable bonds is 4. The van der Waals surface area contributed by atoms with Crippen molar-refractivity contribution in [2.24, 2.45) is 0 Å². The van der Waals surface area contributed by atoms with Gasteiger partial charge in [-0.25, -0.2) is 4.18 Å². The van der Waals surface area contributed by atoms with Crippen LogP contribution in [0.2, 0.25) is 0 Å². The highest BCUT2D eigenvalue weighted by molar-refractivity contribution is 7.80. The van der Waals surface area contributed by atoms with Crippen molar-refractivity contribution in [2.45, 2.75) is 12.5 Å². The molecule has 0 spiro atoms. The van der Waals surface area contributed by atoms with Gasteiger partial charge < -0.3 is 10.2 Å². The lowest BCUT2D eigenvalue weighted by molar-refractivity contribution is 0.0517. The monoisotopic (exact) mass is 366 g/mol. The molecule has 0 radical (unpaired) electrons. The summed E-state index contributed by atoms with van der Waals surface area (Å²) in [7, 11) is -4.50. The quantitative estimate of drug-likeness (QED) is 0.589. The van der Waals surface area contributed by atoms with E-state index in [1.54, 1.807) is 0 Å². The Kier molecular flexibility index (Phi) is 6.40. The first kappa shape index (κ1) is 19.2. The summed E-state index contributed by atoms with van der Waals surface area (Å²) < 4.78 is 31.2. The molecule has 0 aromatic heterocycles. The van der Waals surface area contributed by atoms with Gasteiger partial charge in [-0.05, 0) is 17.5 Å². The third kappa shape index (κ3) is 5.45. The Hall–Kier alpha value is -2.10. The molecule has 25 heavy (non-hydrogen) atoms. The van der Waals surface area contributed by atoms with Gasteiger partial charge in [0, 0.05) is 11.1 Å². The number of aliphatic hydroxyl groups is 2. The van der Waals surface area contributed by atoms with Crippen LogP contribution in [0.5, 0.6) is 0 Å². The summed E-state index contributed by atoms with van der Waals surface area (Å²) in [4.78, 5) is 12.1. The van der Waals surface area contributed by atoms with Crippen LogP contribution in [0.3, 0.4) is 0 Å². The first-order valence-electron chi connectivity index (χ1n) is 7.43. The Balaban J connectivity index is 0.000000199. The lowest BCUT2D eigenvalue weighted by Crippen LogP contribution is -2.21. The Labute approximate surface area is 145 Å². The molecule has 1 aliphatic rings. The van der Waals surface area contributed by atoms with Crippen LogP contribution in [0.1, 0.15) is 27.0 Å². The second kappa shape index (κ2) is 8.32. The molecule has 3 N–H and O–H groups in total. The number of ketones is 1. The molecule has 0 saturated carbocycles. The maximum absolute atomic E-state index is 12.1. The van der Waals surface area contributed by atoms with Gasteiger partial charge in [0.1, 0.15) is 6.10 Å². The lowest BCUT2D eigenvalue weighted by atomic mass is 9.85. The molecule has 0 fully saturated rings. The Bertz CT molecular complexity index is 798. The highest BCUT2D eigenvalue weighted by Crippen LogP contribution is 2.26. The predicted octanol–water partition coefficient (Wildman–Crippen LogP) is 0.981. The molecule has 0 aliphatic heterocycles. The van der Waals surface area contributed by atoms with E-state index in [1.165, 1.54) is 0 Å². The number of benzene rings is 2. The standard InChI is InChI=1S/C14H10O.C3H8O6S/c15-14-12-7-3-1-5-10(12)9-11-6-2-4-8-13(11)14;4-1-3(5)2-9-10(6,7)8/h1-8H,9H2;3-5H,1-2H2,(H,6,7,8). The molecular formula is C17H18O7S. The minimum atomic E-state index is -4.50. The molecule has 0 saturated heterocycles. The van der Waals surface area contributed by atoms with Crippen LogP contribution in [0.25, 0.3) is 0 Å². The molecule has 2 aromatic rings. The lowest BCUT2D eigenvalue weighted by Gasteiger charge is -2.17. The van der Waals surface area contributed by atoms with Gasteiger partial charge in [-0.15, -0.1) is 0 Å². The maximum Gasteiger partial charge on any atom is 0.397 e. The molecule has 0 amide bonds. The summed E-state index contributed by atoms with van der Waals surface area (Å²) in [5, 5.41) is 16.6. The second-order valence-corrected chi connectivity index (χ2v) is 6.46. The fourth-order valence-electron chi connectivity index (χ4n) is 2.36. The molecule has 1 aliphatic carbocycles. The van der Waals surface area contributed by atoms with Gasteiger partial charge in [-0.2, -0.15) is 8.42 Å². The SMILES string of the molecule is O=C1c2ccccc2Cc2ccccc21.O=S(=O)(O)OCC(O)CO. The van der Waals surface area contributed by atoms with Gasteiger partial charge in [0.2, 0.25) is 0 Å². The summed E-state index contributed by atoms with van der Waals surface area (Å²) >= 11 is 0. The van der Waals surface area contributed by atoms with E-state index in [0.29, 0.717) is 0 Å². The van der Waals surface area contributed by atoms with Crippen molar-refractivity contribution in [3.05, 3.63) is 70.8 Å². The summed E-state index contributed by atoms with van der Waals surface area (Å²) in [5.41, 5.74) is 4.00. The molecule has 0 heterocycles. The van der Waals surface area contributed by atoms with Crippen molar-refractivity contribution >= 4 is 16.2 Å². The van der Waals surface area contributed by atoms with E-state index < -0.39 is 29.7 Å². The van der Waals surface area contributed by atoms with Gasteiger partial charge in [-0.3, -0.25) is 9.35 Å². The van der Waals surface area contributed by atoms with E-state index in [9.17, 15) is 13.2 Å². The molecule has 134 valence electrons. The summed E-state index contributed by atoms with van der Waals surface area (Å²) in [6, 6.07) is 15.7. The second-order valence-electron chi connectivity index (χ2n) is 5.37. The van der Waals surface area contributed by atoms with Crippen LogP contribution in [0, 0.1) is 0 Å². The molecular weight excluding hydrogens is 348 g/mol. The summed E-state index contributed by atoms with van der Waals surface area (Å²) in [5.74, 6) is 0.160. The average molecular weight is 366 g/mol. The molecule has 1 atom stereocenters. The van der Waals surface area contributed by atoms with Crippen LogP contribution >= 0.6 is 0 Å². The van der Waals surface area contributed by atoms with Crippen LogP contribution in [0.4, 0.5) is 0 Å². The van der Waals surface area contributed by atoms with Gasteiger partial charge >= 0.3 is 10.4 Å². The molecule has 7 nitrogen and oxygen atoms in total. The van der Waals surface area contributed by atoms with Crippen molar-refractivity contribution in [1.29, 1.82) is 0 Å². The van der Waals surface area contributed by atoms with E-state index in [-0.39, 0.29) is 5.78 Å². The zero-order valence-electron chi connectivity index (χ0n) is 13.2. The first-order valence-corrected chi connectivity index (χ1v) is 8.79. The highest BCUT2D eigenvalue weighted by Gasteiger charge is 2.21. The zero-order valence-corrected chi connectivity index (χ0v) is 14.0. The zero-order chi connectivity index (χ0) is 18.4. The number of carbonyl (C=O) groups is 1.